The molecule has 154 valence electrons. The van der Waals surface area contributed by atoms with Crippen LogP contribution in [0.5, 0.6) is 0 Å². The first-order chi connectivity index (χ1) is 13.9. The highest BCUT2D eigenvalue weighted by Gasteiger charge is 2.54. The molecule has 4 aliphatic carbocycles. The second-order valence-corrected chi connectivity index (χ2v) is 9.97. The number of aryl methyl sites for hydroxylation is 1. The zero-order chi connectivity index (χ0) is 20.2. The fraction of sp³-hybridized carbons (Fsp3) is 0.625. The third-order valence-electron chi connectivity index (χ3n) is 7.78. The van der Waals surface area contributed by atoms with Gasteiger partial charge in [-0.05, 0) is 75.3 Å². The van der Waals surface area contributed by atoms with Crippen LogP contribution >= 0.6 is 0 Å². The van der Waals surface area contributed by atoms with Gasteiger partial charge in [-0.3, -0.25) is 14.4 Å². The number of rotatable bonds is 5. The number of hydrogen-bond acceptors (Lipinski definition) is 4. The monoisotopic (exact) mass is 395 g/mol. The Balaban J connectivity index is 1.19. The van der Waals surface area contributed by atoms with Crippen LogP contribution in [0.15, 0.2) is 24.3 Å². The second-order valence-electron chi connectivity index (χ2n) is 9.97. The minimum atomic E-state index is -0.493. The molecule has 4 bridgehead atoms. The molecule has 5 nitrogen and oxygen atoms in total. The minimum Gasteiger partial charge on any atom is -0.457 e. The van der Waals surface area contributed by atoms with Gasteiger partial charge in [-0.15, -0.1) is 0 Å². The van der Waals surface area contributed by atoms with Gasteiger partial charge < -0.3 is 9.64 Å². The molecule has 0 spiro atoms. The summed E-state index contributed by atoms with van der Waals surface area (Å²) < 4.78 is 5.46. The van der Waals surface area contributed by atoms with Crippen molar-refractivity contribution in [2.24, 2.45) is 29.1 Å². The van der Waals surface area contributed by atoms with Crippen LogP contribution in [-0.2, 0) is 19.1 Å². The predicted octanol–water partition coefficient (Wildman–Crippen LogP) is 3.68. The van der Waals surface area contributed by atoms with Crippen molar-refractivity contribution in [3.05, 3.63) is 29.8 Å². The summed E-state index contributed by atoms with van der Waals surface area (Å²) in [6, 6.07) is 7.71. The van der Waals surface area contributed by atoms with Crippen molar-refractivity contribution in [3.8, 4) is 0 Å². The van der Waals surface area contributed by atoms with E-state index in [9.17, 15) is 14.4 Å². The number of Topliss-reactive ketones (excluding diaryl/α,β-unsaturated/α-hetero) is 1. The lowest BCUT2D eigenvalue weighted by molar-refractivity contribution is -0.160. The molecular weight excluding hydrogens is 366 g/mol. The average Bonchev–Trinajstić information content (AvgIpc) is 3.07. The maximum atomic E-state index is 13.0. The molecule has 1 aromatic carbocycles. The fourth-order valence-corrected chi connectivity index (χ4v) is 6.70. The van der Waals surface area contributed by atoms with Crippen molar-refractivity contribution in [2.75, 3.05) is 18.1 Å². The summed E-state index contributed by atoms with van der Waals surface area (Å²) >= 11 is 0. The number of ether oxygens (including phenoxy) is 1. The van der Waals surface area contributed by atoms with Crippen molar-refractivity contribution >= 4 is 23.3 Å². The van der Waals surface area contributed by atoms with Crippen LogP contribution in [0.25, 0.3) is 0 Å². The molecule has 1 heterocycles. The Morgan fingerprint density at radius 3 is 2.21 bits per heavy atom. The van der Waals surface area contributed by atoms with Gasteiger partial charge in [-0.1, -0.05) is 17.7 Å². The molecule has 0 unspecified atom stereocenters. The van der Waals surface area contributed by atoms with Crippen molar-refractivity contribution in [1.29, 1.82) is 0 Å². The first-order valence-electron chi connectivity index (χ1n) is 11.0. The lowest BCUT2D eigenvalue weighted by Crippen LogP contribution is -2.51. The molecule has 4 saturated carbocycles. The first-order valence-corrected chi connectivity index (χ1v) is 11.0. The van der Waals surface area contributed by atoms with E-state index in [2.05, 4.69) is 0 Å². The van der Waals surface area contributed by atoms with Gasteiger partial charge in [-0.25, -0.2) is 0 Å². The molecule has 1 saturated heterocycles. The molecule has 1 aliphatic heterocycles. The van der Waals surface area contributed by atoms with Crippen LogP contribution in [0.2, 0.25) is 0 Å². The number of carbonyl (C=O) groups excluding carboxylic acids is 3. The minimum absolute atomic E-state index is 0.0665. The molecule has 1 amide bonds. The van der Waals surface area contributed by atoms with E-state index in [1.165, 1.54) is 19.3 Å². The molecule has 0 N–H and O–H groups in total. The van der Waals surface area contributed by atoms with Crippen LogP contribution in [0.4, 0.5) is 5.69 Å². The second kappa shape index (κ2) is 6.96. The molecular formula is C24H29NO4. The molecule has 1 aromatic rings. The van der Waals surface area contributed by atoms with Crippen LogP contribution in [0.3, 0.4) is 0 Å². The van der Waals surface area contributed by atoms with Crippen LogP contribution < -0.4 is 4.90 Å². The molecule has 1 atom stereocenters. The number of esters is 1. The summed E-state index contributed by atoms with van der Waals surface area (Å²) in [5.41, 5.74) is 1.69. The lowest BCUT2D eigenvalue weighted by atomic mass is 9.48. The molecule has 0 aromatic heterocycles. The highest BCUT2D eigenvalue weighted by atomic mass is 16.5. The van der Waals surface area contributed by atoms with Crippen LogP contribution in [0, 0.1) is 36.0 Å². The smallest absolute Gasteiger partial charge is 0.311 e. The van der Waals surface area contributed by atoms with E-state index in [0.29, 0.717) is 24.3 Å². The normalized spacial score (nSPS) is 35.2. The van der Waals surface area contributed by atoms with Crippen molar-refractivity contribution in [3.63, 3.8) is 0 Å². The Hall–Kier alpha value is -2.17. The van der Waals surface area contributed by atoms with E-state index in [1.54, 1.807) is 4.90 Å². The zero-order valence-electron chi connectivity index (χ0n) is 17.1. The Morgan fingerprint density at radius 2 is 1.62 bits per heavy atom. The van der Waals surface area contributed by atoms with E-state index < -0.39 is 11.9 Å². The third kappa shape index (κ3) is 3.38. The molecule has 0 radical (unpaired) electrons. The van der Waals surface area contributed by atoms with Gasteiger partial charge in [0.15, 0.2) is 12.4 Å². The quantitative estimate of drug-likeness (QED) is 0.714. The zero-order valence-corrected chi connectivity index (χ0v) is 17.1. The van der Waals surface area contributed by atoms with Gasteiger partial charge in [-0.2, -0.15) is 0 Å². The lowest BCUT2D eigenvalue weighted by Gasteiger charge is -2.55. The number of ketones is 1. The number of carbonyl (C=O) groups is 3. The van der Waals surface area contributed by atoms with Gasteiger partial charge in [0.2, 0.25) is 5.91 Å². The van der Waals surface area contributed by atoms with E-state index in [1.807, 2.05) is 31.2 Å². The van der Waals surface area contributed by atoms with Crippen LogP contribution in [-0.4, -0.2) is 30.8 Å². The number of hydrogen-bond donors (Lipinski definition) is 0. The Morgan fingerprint density at radius 1 is 1.03 bits per heavy atom. The highest BCUT2D eigenvalue weighted by Crippen LogP contribution is 2.60. The van der Waals surface area contributed by atoms with Crippen molar-refractivity contribution in [1.82, 2.24) is 0 Å². The van der Waals surface area contributed by atoms with Gasteiger partial charge in [0.05, 0.1) is 5.92 Å². The summed E-state index contributed by atoms with van der Waals surface area (Å²) in [4.78, 5) is 39.7. The SMILES string of the molecule is Cc1ccc(N2C[C@@H](C(=O)OCC(=O)C34CC5CC(CC(C5)C3)C4)CC2=O)cc1. The van der Waals surface area contributed by atoms with Crippen LogP contribution in [0.1, 0.15) is 50.5 Å². The molecule has 5 aliphatic rings. The fourth-order valence-electron chi connectivity index (χ4n) is 6.70. The Bertz CT molecular complexity index is 808. The van der Waals surface area contributed by atoms with E-state index >= 15 is 0 Å². The molecule has 5 heteroatoms. The molecule has 5 fully saturated rings. The summed E-state index contributed by atoms with van der Waals surface area (Å²) in [6.07, 6.45) is 6.95. The summed E-state index contributed by atoms with van der Waals surface area (Å²) in [7, 11) is 0. The molecule has 29 heavy (non-hydrogen) atoms. The third-order valence-corrected chi connectivity index (χ3v) is 7.78. The van der Waals surface area contributed by atoms with Crippen molar-refractivity contribution in [2.45, 2.75) is 51.9 Å². The predicted molar refractivity (Wildman–Crippen MR) is 108 cm³/mol. The van der Waals surface area contributed by atoms with E-state index in [0.717, 1.165) is 30.5 Å². The van der Waals surface area contributed by atoms with E-state index in [-0.39, 0.29) is 30.1 Å². The first kappa shape index (κ1) is 18.8. The summed E-state index contributed by atoms with van der Waals surface area (Å²) in [6.45, 7) is 2.20. The standard InChI is InChI=1S/C24H29NO4/c1-15-2-4-20(5-3-15)25-13-19(9-22(25)27)23(28)29-14-21(26)24-10-16-6-17(11-24)8-18(7-16)12-24/h2-5,16-19H,6-14H2,1H3/t16?,17?,18?,19-,24?/m0/s1. The Kier molecular flexibility index (Phi) is 4.52. The maximum absolute atomic E-state index is 13.0. The van der Waals surface area contributed by atoms with E-state index in [4.69, 9.17) is 4.74 Å². The van der Waals surface area contributed by atoms with Gasteiger partial charge in [0.1, 0.15) is 0 Å². The van der Waals surface area contributed by atoms with Gasteiger partial charge >= 0.3 is 5.97 Å². The van der Waals surface area contributed by atoms with Gasteiger partial charge in [0.25, 0.3) is 0 Å². The maximum Gasteiger partial charge on any atom is 0.311 e. The number of benzene rings is 1. The van der Waals surface area contributed by atoms with Gasteiger partial charge in [0, 0.05) is 24.1 Å². The summed E-state index contributed by atoms with van der Waals surface area (Å²) in [5.74, 6) is 1.22. The van der Waals surface area contributed by atoms with Crippen molar-refractivity contribution < 1.29 is 19.1 Å². The number of nitrogens with zero attached hydrogens (tertiary/aromatic N) is 1. The topological polar surface area (TPSA) is 63.7 Å². The summed E-state index contributed by atoms with van der Waals surface area (Å²) in [5, 5.41) is 0. The molecule has 6 rings (SSSR count). The Labute approximate surface area is 171 Å². The highest BCUT2D eigenvalue weighted by molar-refractivity contribution is 5.99. The number of anilines is 1. The number of amides is 1. The largest absolute Gasteiger partial charge is 0.457 e. The average molecular weight is 395 g/mol.